The number of aromatic amines is 1. The van der Waals surface area contributed by atoms with E-state index in [0.717, 1.165) is 23.1 Å². The molecule has 0 radical (unpaired) electrons. The molecule has 86 valence electrons. The van der Waals surface area contributed by atoms with Gasteiger partial charge in [0.25, 0.3) is 0 Å². The predicted octanol–water partition coefficient (Wildman–Crippen LogP) is 2.95. The summed E-state index contributed by atoms with van der Waals surface area (Å²) in [4.78, 5) is 0. The minimum absolute atomic E-state index is 0.550. The first-order valence-corrected chi connectivity index (χ1v) is 5.90. The van der Waals surface area contributed by atoms with Crippen LogP contribution in [0.5, 0.6) is 0 Å². The molecule has 16 heavy (non-hydrogen) atoms. The van der Waals surface area contributed by atoms with Crippen molar-refractivity contribution >= 4 is 16.7 Å². The number of hydrogen-bond acceptors (Lipinski definition) is 3. The van der Waals surface area contributed by atoms with Crippen LogP contribution in [0.3, 0.4) is 0 Å². The summed E-state index contributed by atoms with van der Waals surface area (Å²) in [6.45, 7) is 4.42. The van der Waals surface area contributed by atoms with Gasteiger partial charge in [0.1, 0.15) is 11.0 Å². The predicted molar refractivity (Wildman–Crippen MR) is 66.5 cm³/mol. The van der Waals surface area contributed by atoms with Crippen LogP contribution in [0.25, 0.3) is 11.0 Å². The lowest BCUT2D eigenvalue weighted by molar-refractivity contribution is 0.623. The average molecular weight is 218 g/mol. The molecule has 0 spiro atoms. The normalized spacial score (nSPS) is 12.9. The van der Waals surface area contributed by atoms with Crippen LogP contribution in [0, 0.1) is 0 Å². The standard InChI is InChI=1S/C12H18N4/c1-3-5-9(4-2)13-10-6-7-11-12(8-10)15-16-14-11/h6-9,13H,3-5H2,1-2H3,(H,14,15,16). The van der Waals surface area contributed by atoms with Crippen LogP contribution in [0.4, 0.5) is 5.69 Å². The quantitative estimate of drug-likeness (QED) is 0.811. The molecule has 1 heterocycles. The fourth-order valence-corrected chi connectivity index (χ4v) is 1.89. The summed E-state index contributed by atoms with van der Waals surface area (Å²) < 4.78 is 0. The minimum atomic E-state index is 0.550. The number of nitrogens with zero attached hydrogens (tertiary/aromatic N) is 2. The van der Waals surface area contributed by atoms with Crippen molar-refractivity contribution in [2.75, 3.05) is 5.32 Å². The monoisotopic (exact) mass is 218 g/mol. The summed E-state index contributed by atoms with van der Waals surface area (Å²) in [5.41, 5.74) is 2.95. The Labute approximate surface area is 95.4 Å². The Balaban J connectivity index is 2.13. The molecule has 4 nitrogen and oxygen atoms in total. The highest BCUT2D eigenvalue weighted by molar-refractivity contribution is 5.77. The van der Waals surface area contributed by atoms with E-state index >= 15 is 0 Å². The van der Waals surface area contributed by atoms with Gasteiger partial charge in [-0.15, -0.1) is 0 Å². The van der Waals surface area contributed by atoms with Gasteiger partial charge in [-0.2, -0.15) is 15.4 Å². The highest BCUT2D eigenvalue weighted by atomic mass is 15.3. The highest BCUT2D eigenvalue weighted by Gasteiger charge is 2.05. The van der Waals surface area contributed by atoms with Crippen molar-refractivity contribution in [3.8, 4) is 0 Å². The molecule has 2 aromatic rings. The molecule has 0 aliphatic carbocycles. The lowest BCUT2D eigenvalue weighted by Crippen LogP contribution is -2.17. The van der Waals surface area contributed by atoms with Gasteiger partial charge in [0.05, 0.1) is 0 Å². The van der Waals surface area contributed by atoms with Gasteiger partial charge in [-0.3, -0.25) is 0 Å². The third kappa shape index (κ3) is 2.32. The van der Waals surface area contributed by atoms with Crippen molar-refractivity contribution in [2.45, 2.75) is 39.2 Å². The zero-order chi connectivity index (χ0) is 11.4. The van der Waals surface area contributed by atoms with Gasteiger partial charge >= 0.3 is 0 Å². The number of H-pyrrole nitrogens is 1. The van der Waals surface area contributed by atoms with Crippen LogP contribution in [0.2, 0.25) is 0 Å². The molecule has 2 rings (SSSR count). The molecular formula is C12H18N4. The van der Waals surface area contributed by atoms with Gasteiger partial charge < -0.3 is 5.32 Å². The van der Waals surface area contributed by atoms with Gasteiger partial charge in [-0.05, 0) is 31.0 Å². The molecule has 1 unspecified atom stereocenters. The van der Waals surface area contributed by atoms with Crippen molar-refractivity contribution in [3.63, 3.8) is 0 Å². The molecule has 4 heteroatoms. The molecule has 0 saturated carbocycles. The largest absolute Gasteiger partial charge is 0.382 e. The molecule has 1 aromatic carbocycles. The SMILES string of the molecule is CCCC(CC)Nc1ccc2n[nH]nc2c1. The Bertz CT molecular complexity index is 449. The molecule has 0 aliphatic heterocycles. The molecule has 0 fully saturated rings. The molecule has 2 N–H and O–H groups in total. The van der Waals surface area contributed by atoms with Crippen molar-refractivity contribution in [1.82, 2.24) is 15.4 Å². The molecule has 1 aromatic heterocycles. The molecule has 0 saturated heterocycles. The van der Waals surface area contributed by atoms with Crippen molar-refractivity contribution < 1.29 is 0 Å². The summed E-state index contributed by atoms with van der Waals surface area (Å²) in [5.74, 6) is 0. The second-order valence-corrected chi connectivity index (χ2v) is 4.07. The summed E-state index contributed by atoms with van der Waals surface area (Å²) in [5, 5.41) is 14.3. The van der Waals surface area contributed by atoms with E-state index in [4.69, 9.17) is 0 Å². The molecule has 0 amide bonds. The summed E-state index contributed by atoms with van der Waals surface area (Å²) in [6.07, 6.45) is 3.55. The van der Waals surface area contributed by atoms with Crippen LogP contribution >= 0.6 is 0 Å². The molecular weight excluding hydrogens is 200 g/mol. The summed E-state index contributed by atoms with van der Waals surface area (Å²) >= 11 is 0. The van der Waals surface area contributed by atoms with Crippen molar-refractivity contribution in [1.29, 1.82) is 0 Å². The van der Waals surface area contributed by atoms with Crippen LogP contribution < -0.4 is 5.32 Å². The van der Waals surface area contributed by atoms with Crippen LogP contribution in [0.15, 0.2) is 18.2 Å². The second-order valence-electron chi connectivity index (χ2n) is 4.07. The summed E-state index contributed by atoms with van der Waals surface area (Å²) in [7, 11) is 0. The fourth-order valence-electron chi connectivity index (χ4n) is 1.89. The maximum atomic E-state index is 4.08. The van der Waals surface area contributed by atoms with Crippen molar-refractivity contribution in [2.24, 2.45) is 0 Å². The number of anilines is 1. The fraction of sp³-hybridized carbons (Fsp3) is 0.500. The van der Waals surface area contributed by atoms with E-state index in [1.807, 2.05) is 12.1 Å². The number of hydrogen-bond donors (Lipinski definition) is 2. The Morgan fingerprint density at radius 1 is 1.25 bits per heavy atom. The first kappa shape index (κ1) is 10.9. The van der Waals surface area contributed by atoms with Gasteiger partial charge in [0.2, 0.25) is 0 Å². The number of aromatic nitrogens is 3. The average Bonchev–Trinajstić information content (AvgIpc) is 2.75. The van der Waals surface area contributed by atoms with Crippen LogP contribution in [-0.4, -0.2) is 21.5 Å². The number of rotatable bonds is 5. The Morgan fingerprint density at radius 2 is 2.06 bits per heavy atom. The highest BCUT2D eigenvalue weighted by Crippen LogP contribution is 2.17. The number of fused-ring (bicyclic) bond motifs is 1. The van der Waals surface area contributed by atoms with Gasteiger partial charge in [-0.25, -0.2) is 0 Å². The summed E-state index contributed by atoms with van der Waals surface area (Å²) in [6, 6.07) is 6.63. The first-order chi connectivity index (χ1) is 7.83. The van der Waals surface area contributed by atoms with E-state index in [2.05, 4.69) is 40.6 Å². The molecule has 1 atom stereocenters. The van der Waals surface area contributed by atoms with E-state index < -0.39 is 0 Å². The maximum absolute atomic E-state index is 4.08. The smallest absolute Gasteiger partial charge is 0.115 e. The molecule has 0 aliphatic rings. The Kier molecular flexibility index (Phi) is 3.39. The van der Waals surface area contributed by atoms with E-state index in [9.17, 15) is 0 Å². The van der Waals surface area contributed by atoms with Gasteiger partial charge in [-0.1, -0.05) is 20.3 Å². The lowest BCUT2D eigenvalue weighted by Gasteiger charge is -2.17. The zero-order valence-corrected chi connectivity index (χ0v) is 9.83. The van der Waals surface area contributed by atoms with Gasteiger partial charge in [0.15, 0.2) is 0 Å². The van der Waals surface area contributed by atoms with E-state index in [1.54, 1.807) is 0 Å². The topological polar surface area (TPSA) is 53.6 Å². The number of benzene rings is 1. The van der Waals surface area contributed by atoms with Crippen molar-refractivity contribution in [3.05, 3.63) is 18.2 Å². The van der Waals surface area contributed by atoms with Crippen LogP contribution in [-0.2, 0) is 0 Å². The van der Waals surface area contributed by atoms with Gasteiger partial charge in [0, 0.05) is 11.7 Å². The number of nitrogens with one attached hydrogen (secondary N) is 2. The second kappa shape index (κ2) is 4.96. The Morgan fingerprint density at radius 3 is 2.81 bits per heavy atom. The Hall–Kier alpha value is -1.58. The van der Waals surface area contributed by atoms with E-state index in [-0.39, 0.29) is 0 Å². The lowest BCUT2D eigenvalue weighted by atomic mass is 10.1. The molecule has 0 bridgehead atoms. The maximum Gasteiger partial charge on any atom is 0.115 e. The van der Waals surface area contributed by atoms with E-state index in [0.29, 0.717) is 6.04 Å². The van der Waals surface area contributed by atoms with E-state index in [1.165, 1.54) is 12.8 Å². The first-order valence-electron chi connectivity index (χ1n) is 5.90. The van der Waals surface area contributed by atoms with Crippen LogP contribution in [0.1, 0.15) is 33.1 Å². The third-order valence-electron chi connectivity index (χ3n) is 2.82. The zero-order valence-electron chi connectivity index (χ0n) is 9.83. The minimum Gasteiger partial charge on any atom is -0.382 e. The third-order valence-corrected chi connectivity index (χ3v) is 2.82.